The topological polar surface area (TPSA) is 70.8 Å². The van der Waals surface area contributed by atoms with Crippen molar-refractivity contribution in [2.24, 2.45) is 5.73 Å². The number of hydrogen-bond acceptors (Lipinski definition) is 4. The number of rotatable bonds is 7. The lowest BCUT2D eigenvalue weighted by atomic mass is 10.7. The molecule has 0 spiro atoms. The smallest absolute Gasteiger partial charge is 0.243 e. The molecule has 0 aromatic carbocycles. The molecular weight excluding hydrogens is 150 g/mol. The largest absolute Gasteiger partial charge is 0.382 e. The molecule has 11 heavy (non-hydrogen) atoms. The van der Waals surface area contributed by atoms with Crippen molar-refractivity contribution in [2.75, 3.05) is 33.7 Å². The molecule has 0 rings (SSSR count). The molecule has 0 unspecified atom stereocenters. The summed E-state index contributed by atoms with van der Waals surface area (Å²) in [6.45, 7) is 0.939. The maximum atomic E-state index is 10.1. The van der Waals surface area contributed by atoms with Crippen molar-refractivity contribution in [1.82, 2.24) is 0 Å². The minimum absolute atomic E-state index is 0.0757. The van der Waals surface area contributed by atoms with Crippen LogP contribution in [0.1, 0.15) is 0 Å². The molecule has 0 aliphatic rings. The van der Waals surface area contributed by atoms with Gasteiger partial charge in [0, 0.05) is 7.11 Å². The van der Waals surface area contributed by atoms with Crippen molar-refractivity contribution < 1.29 is 19.0 Å². The van der Waals surface area contributed by atoms with Gasteiger partial charge in [-0.2, -0.15) is 0 Å². The number of primary amides is 1. The monoisotopic (exact) mass is 163 g/mol. The molecule has 0 bridgehead atoms. The maximum absolute atomic E-state index is 10.1. The maximum Gasteiger partial charge on any atom is 0.243 e. The minimum Gasteiger partial charge on any atom is -0.382 e. The lowest BCUT2D eigenvalue weighted by Gasteiger charge is -2.02. The first-order chi connectivity index (χ1) is 5.27. The van der Waals surface area contributed by atoms with Gasteiger partial charge in [-0.3, -0.25) is 4.79 Å². The van der Waals surface area contributed by atoms with Crippen LogP contribution in [-0.4, -0.2) is 39.6 Å². The molecule has 0 saturated carbocycles. The summed E-state index contributed by atoms with van der Waals surface area (Å²) in [5.74, 6) is -0.500. The van der Waals surface area contributed by atoms with Crippen LogP contribution in [0.25, 0.3) is 0 Å². The molecule has 0 aromatic heterocycles. The zero-order valence-electron chi connectivity index (χ0n) is 6.54. The molecule has 5 nitrogen and oxygen atoms in total. The van der Waals surface area contributed by atoms with Crippen LogP contribution in [0.3, 0.4) is 0 Å². The average molecular weight is 163 g/mol. The van der Waals surface area contributed by atoms with Crippen LogP contribution in [0.4, 0.5) is 0 Å². The Kier molecular flexibility index (Phi) is 7.02. The summed E-state index contributed by atoms with van der Waals surface area (Å²) in [7, 11) is 1.58. The molecule has 0 aliphatic heterocycles. The van der Waals surface area contributed by atoms with Gasteiger partial charge in [0.2, 0.25) is 5.91 Å². The summed E-state index contributed by atoms with van der Waals surface area (Å²) in [5.41, 5.74) is 4.79. The van der Waals surface area contributed by atoms with E-state index in [0.717, 1.165) is 0 Å². The Labute approximate surface area is 65.4 Å². The Bertz CT molecular complexity index is 107. The van der Waals surface area contributed by atoms with Gasteiger partial charge in [0.25, 0.3) is 0 Å². The highest BCUT2D eigenvalue weighted by Crippen LogP contribution is 1.78. The summed E-state index contributed by atoms with van der Waals surface area (Å²) in [6, 6.07) is 0. The summed E-state index contributed by atoms with van der Waals surface area (Å²) >= 11 is 0. The molecule has 5 heteroatoms. The number of hydrogen-bond donors (Lipinski definition) is 1. The molecule has 0 aromatic rings. The van der Waals surface area contributed by atoms with Crippen molar-refractivity contribution in [1.29, 1.82) is 0 Å². The summed E-state index contributed by atoms with van der Waals surface area (Å²) < 4.78 is 14.3. The van der Waals surface area contributed by atoms with E-state index >= 15 is 0 Å². The number of carbonyl (C=O) groups is 1. The van der Waals surface area contributed by atoms with Crippen LogP contribution in [-0.2, 0) is 19.0 Å². The van der Waals surface area contributed by atoms with Crippen molar-refractivity contribution in [3.8, 4) is 0 Å². The Morgan fingerprint density at radius 1 is 1.36 bits per heavy atom. The van der Waals surface area contributed by atoms with E-state index in [9.17, 15) is 4.79 Å². The fourth-order valence-corrected chi connectivity index (χ4v) is 0.402. The number of amides is 1. The fraction of sp³-hybridized carbons (Fsp3) is 0.833. The molecule has 0 saturated heterocycles. The number of nitrogens with two attached hydrogens (primary N) is 1. The summed E-state index contributed by atoms with van der Waals surface area (Å²) in [6.07, 6.45) is 0. The van der Waals surface area contributed by atoms with E-state index in [1.165, 1.54) is 0 Å². The van der Waals surface area contributed by atoms with E-state index in [2.05, 4.69) is 4.74 Å². The standard InChI is InChI=1S/C6H13NO4/c1-9-2-3-10-5-11-4-6(7)8/h2-5H2,1H3,(H2,7,8). The Morgan fingerprint density at radius 3 is 2.64 bits per heavy atom. The predicted octanol–water partition coefficient (Wildman–Crippen LogP) is -0.891. The van der Waals surface area contributed by atoms with Gasteiger partial charge in [-0.1, -0.05) is 0 Å². The second kappa shape index (κ2) is 7.46. The first-order valence-corrected chi connectivity index (χ1v) is 3.20. The van der Waals surface area contributed by atoms with Gasteiger partial charge < -0.3 is 19.9 Å². The van der Waals surface area contributed by atoms with Crippen molar-refractivity contribution in [3.05, 3.63) is 0 Å². The zero-order chi connectivity index (χ0) is 8.53. The van der Waals surface area contributed by atoms with E-state index in [1.807, 2.05) is 0 Å². The van der Waals surface area contributed by atoms with Gasteiger partial charge >= 0.3 is 0 Å². The number of methoxy groups -OCH3 is 1. The van der Waals surface area contributed by atoms with Crippen LogP contribution in [0.2, 0.25) is 0 Å². The first-order valence-electron chi connectivity index (χ1n) is 3.20. The third kappa shape index (κ3) is 9.35. The van der Waals surface area contributed by atoms with E-state index in [-0.39, 0.29) is 13.4 Å². The molecule has 0 atom stereocenters. The van der Waals surface area contributed by atoms with Crippen LogP contribution >= 0.6 is 0 Å². The van der Waals surface area contributed by atoms with Crippen LogP contribution in [0.15, 0.2) is 0 Å². The van der Waals surface area contributed by atoms with Gasteiger partial charge in [0.05, 0.1) is 13.2 Å². The second-order valence-corrected chi connectivity index (χ2v) is 1.83. The Balaban J connectivity index is 2.85. The summed E-state index contributed by atoms with van der Waals surface area (Å²) in [5, 5.41) is 0. The lowest BCUT2D eigenvalue weighted by molar-refractivity contribution is -0.129. The van der Waals surface area contributed by atoms with Crippen LogP contribution < -0.4 is 5.73 Å². The second-order valence-electron chi connectivity index (χ2n) is 1.83. The molecule has 66 valence electrons. The molecule has 0 aliphatic carbocycles. The predicted molar refractivity (Wildman–Crippen MR) is 37.8 cm³/mol. The number of carbonyl (C=O) groups excluding carboxylic acids is 1. The quantitative estimate of drug-likeness (QED) is 0.390. The highest BCUT2D eigenvalue weighted by Gasteiger charge is 1.92. The minimum atomic E-state index is -0.500. The van der Waals surface area contributed by atoms with Crippen molar-refractivity contribution in [2.45, 2.75) is 0 Å². The molecular formula is C6H13NO4. The van der Waals surface area contributed by atoms with E-state index < -0.39 is 5.91 Å². The number of ether oxygens (including phenoxy) is 3. The van der Waals surface area contributed by atoms with Gasteiger partial charge in [0.1, 0.15) is 13.4 Å². The molecule has 1 amide bonds. The Hall–Kier alpha value is -0.650. The van der Waals surface area contributed by atoms with Crippen molar-refractivity contribution >= 4 is 5.91 Å². The SMILES string of the molecule is COCCOCOCC(N)=O. The van der Waals surface area contributed by atoms with Crippen molar-refractivity contribution in [3.63, 3.8) is 0 Å². The highest BCUT2D eigenvalue weighted by atomic mass is 16.7. The third-order valence-corrected chi connectivity index (χ3v) is 0.843. The average Bonchev–Trinajstić information content (AvgIpc) is 1.96. The van der Waals surface area contributed by atoms with Gasteiger partial charge in [-0.25, -0.2) is 0 Å². The normalized spacial score (nSPS) is 9.91. The van der Waals surface area contributed by atoms with Gasteiger partial charge in [-0.15, -0.1) is 0 Å². The van der Waals surface area contributed by atoms with E-state index in [4.69, 9.17) is 15.2 Å². The Morgan fingerprint density at radius 2 is 2.09 bits per heavy atom. The van der Waals surface area contributed by atoms with Gasteiger partial charge in [-0.05, 0) is 0 Å². The third-order valence-electron chi connectivity index (χ3n) is 0.843. The first kappa shape index (κ1) is 10.3. The van der Waals surface area contributed by atoms with Crippen LogP contribution in [0, 0.1) is 0 Å². The molecule has 0 fully saturated rings. The van der Waals surface area contributed by atoms with Crippen LogP contribution in [0.5, 0.6) is 0 Å². The van der Waals surface area contributed by atoms with E-state index in [1.54, 1.807) is 7.11 Å². The van der Waals surface area contributed by atoms with E-state index in [0.29, 0.717) is 13.2 Å². The molecule has 2 N–H and O–H groups in total. The molecule has 0 heterocycles. The lowest BCUT2D eigenvalue weighted by Crippen LogP contribution is -2.19. The fourth-order valence-electron chi connectivity index (χ4n) is 0.402. The van der Waals surface area contributed by atoms with Gasteiger partial charge in [0.15, 0.2) is 0 Å². The zero-order valence-corrected chi connectivity index (χ0v) is 6.54. The summed E-state index contributed by atoms with van der Waals surface area (Å²) in [4.78, 5) is 10.1. The molecule has 0 radical (unpaired) electrons. The highest BCUT2D eigenvalue weighted by molar-refractivity contribution is 5.74.